The Morgan fingerprint density at radius 3 is 2.43 bits per heavy atom. The van der Waals surface area contributed by atoms with Crippen LogP contribution in [0.4, 0.5) is 5.69 Å². The third kappa shape index (κ3) is 5.97. The average molecular weight is 417 g/mol. The Bertz CT molecular complexity index is 1060. The van der Waals surface area contributed by atoms with Crippen LogP contribution in [-0.2, 0) is 16.0 Å². The van der Waals surface area contributed by atoms with Crippen LogP contribution >= 0.6 is 11.8 Å². The fourth-order valence-corrected chi connectivity index (χ4v) is 3.56. The Hall–Kier alpha value is -3.56. The average Bonchev–Trinajstić information content (AvgIpc) is 2.78. The number of amides is 1. The summed E-state index contributed by atoms with van der Waals surface area (Å²) < 4.78 is 5.25. The summed E-state index contributed by atoms with van der Waals surface area (Å²) in [6, 6.07) is 26.3. The van der Waals surface area contributed by atoms with Gasteiger partial charge in [-0.25, -0.2) is 4.79 Å². The number of benzene rings is 3. The maximum absolute atomic E-state index is 12.6. The number of thioether (sulfide) groups is 1. The third-order valence-electron chi connectivity index (χ3n) is 4.26. The van der Waals surface area contributed by atoms with Crippen molar-refractivity contribution in [2.24, 2.45) is 0 Å². The summed E-state index contributed by atoms with van der Waals surface area (Å²) in [5.74, 6) is -0.696. The highest BCUT2D eigenvalue weighted by molar-refractivity contribution is 7.99. The van der Waals surface area contributed by atoms with Gasteiger partial charge in [0.15, 0.2) is 6.61 Å². The molecule has 0 bridgehead atoms. The summed E-state index contributed by atoms with van der Waals surface area (Å²) in [6.07, 6.45) is 0.599. The summed E-state index contributed by atoms with van der Waals surface area (Å²) in [6.45, 7) is -0.393. The molecule has 3 aromatic carbocycles. The number of rotatable bonds is 8. The largest absolute Gasteiger partial charge is 0.452 e. The number of ether oxygens (including phenoxy) is 1. The van der Waals surface area contributed by atoms with Crippen molar-refractivity contribution in [1.29, 1.82) is 5.26 Å². The Kier molecular flexibility index (Phi) is 7.64. The molecule has 5 nitrogen and oxygen atoms in total. The maximum atomic E-state index is 12.6. The van der Waals surface area contributed by atoms with E-state index in [0.717, 1.165) is 16.0 Å². The van der Waals surface area contributed by atoms with Crippen LogP contribution in [0.25, 0.3) is 0 Å². The Morgan fingerprint density at radius 2 is 1.63 bits per heavy atom. The molecule has 3 aromatic rings. The topological polar surface area (TPSA) is 79.2 Å². The van der Waals surface area contributed by atoms with Crippen molar-refractivity contribution in [2.75, 3.05) is 17.7 Å². The molecule has 1 amide bonds. The quantitative estimate of drug-likeness (QED) is 0.426. The first-order chi connectivity index (χ1) is 14.7. The van der Waals surface area contributed by atoms with Crippen molar-refractivity contribution in [3.05, 3.63) is 95.6 Å². The van der Waals surface area contributed by atoms with Crippen LogP contribution < -0.4 is 5.32 Å². The maximum Gasteiger partial charge on any atom is 0.338 e. The lowest BCUT2D eigenvalue weighted by Crippen LogP contribution is -2.21. The molecule has 0 fully saturated rings. The van der Waals surface area contributed by atoms with E-state index < -0.39 is 18.5 Å². The Morgan fingerprint density at radius 1 is 0.933 bits per heavy atom. The molecule has 30 heavy (non-hydrogen) atoms. The first-order valence-electron chi connectivity index (χ1n) is 9.35. The van der Waals surface area contributed by atoms with E-state index in [1.165, 1.54) is 11.8 Å². The normalized spacial score (nSPS) is 10.1. The monoisotopic (exact) mass is 416 g/mol. The molecule has 0 aliphatic carbocycles. The molecule has 6 heteroatoms. The molecule has 0 atom stereocenters. The van der Waals surface area contributed by atoms with Gasteiger partial charge in [-0.1, -0.05) is 60.7 Å². The van der Waals surface area contributed by atoms with E-state index in [1.807, 2.05) is 54.6 Å². The van der Waals surface area contributed by atoms with Crippen LogP contribution in [0.5, 0.6) is 0 Å². The van der Waals surface area contributed by atoms with Crippen molar-refractivity contribution in [2.45, 2.75) is 11.3 Å². The zero-order chi connectivity index (χ0) is 21.2. The number of nitrogens with one attached hydrogen (secondary N) is 1. The molecule has 3 rings (SSSR count). The van der Waals surface area contributed by atoms with Gasteiger partial charge in [-0.3, -0.25) is 4.79 Å². The van der Waals surface area contributed by atoms with Crippen molar-refractivity contribution in [1.82, 2.24) is 0 Å². The van der Waals surface area contributed by atoms with E-state index >= 15 is 0 Å². The molecule has 0 saturated carbocycles. The molecule has 0 heterocycles. The number of hydrogen-bond acceptors (Lipinski definition) is 5. The highest BCUT2D eigenvalue weighted by atomic mass is 32.2. The molecule has 0 aliphatic rings. The highest BCUT2D eigenvalue weighted by Crippen LogP contribution is 2.26. The fraction of sp³-hybridized carbons (Fsp3) is 0.125. The zero-order valence-electron chi connectivity index (χ0n) is 16.2. The predicted octanol–water partition coefficient (Wildman–Crippen LogP) is 4.69. The SMILES string of the molecule is N#CCSc1ccccc1NC(=O)COC(=O)c1ccccc1Cc1ccccc1. The number of esters is 1. The molecule has 0 unspecified atom stereocenters. The minimum atomic E-state index is -0.538. The lowest BCUT2D eigenvalue weighted by molar-refractivity contribution is -0.119. The van der Waals surface area contributed by atoms with Crippen LogP contribution in [0.15, 0.2) is 83.8 Å². The lowest BCUT2D eigenvalue weighted by atomic mass is 10.00. The number of nitriles is 1. The molecular formula is C24H20N2O3S. The number of nitrogens with zero attached hydrogens (tertiary/aromatic N) is 1. The molecule has 0 aliphatic heterocycles. The van der Waals surface area contributed by atoms with E-state index in [9.17, 15) is 9.59 Å². The van der Waals surface area contributed by atoms with Gasteiger partial charge in [0.2, 0.25) is 0 Å². The van der Waals surface area contributed by atoms with Gasteiger partial charge in [0.25, 0.3) is 5.91 Å². The van der Waals surface area contributed by atoms with Crippen molar-refractivity contribution < 1.29 is 14.3 Å². The summed E-state index contributed by atoms with van der Waals surface area (Å²) >= 11 is 1.33. The van der Waals surface area contributed by atoms with Crippen LogP contribution in [0.1, 0.15) is 21.5 Å². The van der Waals surface area contributed by atoms with Crippen LogP contribution in [0.3, 0.4) is 0 Å². The second kappa shape index (κ2) is 10.8. The second-order valence-electron chi connectivity index (χ2n) is 6.39. The standard InChI is InChI=1S/C24H20N2O3S/c25-14-15-30-22-13-7-6-12-21(22)26-23(27)17-29-24(28)20-11-5-4-10-19(20)16-18-8-2-1-3-9-18/h1-13H,15-17H2,(H,26,27). The van der Waals surface area contributed by atoms with Gasteiger partial charge in [-0.15, -0.1) is 11.8 Å². The van der Waals surface area contributed by atoms with Gasteiger partial charge >= 0.3 is 5.97 Å². The molecule has 0 radical (unpaired) electrons. The molecule has 0 aromatic heterocycles. The van der Waals surface area contributed by atoms with E-state index in [1.54, 1.807) is 24.3 Å². The summed E-state index contributed by atoms with van der Waals surface area (Å²) in [5.41, 5.74) is 2.96. The highest BCUT2D eigenvalue weighted by Gasteiger charge is 2.15. The van der Waals surface area contributed by atoms with Crippen molar-refractivity contribution in [3.63, 3.8) is 0 Å². The molecular weight excluding hydrogens is 396 g/mol. The number of para-hydroxylation sites is 1. The van der Waals surface area contributed by atoms with Gasteiger partial charge in [0.1, 0.15) is 0 Å². The van der Waals surface area contributed by atoms with Crippen LogP contribution in [0, 0.1) is 11.3 Å². The summed E-state index contributed by atoms with van der Waals surface area (Å²) in [4.78, 5) is 25.7. The minimum Gasteiger partial charge on any atom is -0.452 e. The number of carbonyl (C=O) groups excluding carboxylic acids is 2. The number of carbonyl (C=O) groups is 2. The Balaban J connectivity index is 1.61. The third-order valence-corrected chi connectivity index (χ3v) is 5.20. The molecule has 150 valence electrons. The van der Waals surface area contributed by atoms with Crippen LogP contribution in [-0.4, -0.2) is 24.2 Å². The zero-order valence-corrected chi connectivity index (χ0v) is 17.0. The molecule has 1 N–H and O–H groups in total. The number of anilines is 1. The summed E-state index contributed by atoms with van der Waals surface area (Å²) in [7, 11) is 0. The second-order valence-corrected chi connectivity index (χ2v) is 7.40. The van der Waals surface area contributed by atoms with Crippen molar-refractivity contribution >= 4 is 29.3 Å². The van der Waals surface area contributed by atoms with Crippen molar-refractivity contribution in [3.8, 4) is 6.07 Å². The first kappa shape index (κ1) is 21.2. The molecule has 0 saturated heterocycles. The van der Waals surface area contributed by atoms with E-state index in [-0.39, 0.29) is 5.75 Å². The number of hydrogen-bond donors (Lipinski definition) is 1. The van der Waals surface area contributed by atoms with E-state index in [2.05, 4.69) is 11.4 Å². The molecule has 0 spiro atoms. The fourth-order valence-electron chi connectivity index (χ4n) is 2.89. The summed E-state index contributed by atoms with van der Waals surface area (Å²) in [5, 5.41) is 11.5. The lowest BCUT2D eigenvalue weighted by Gasteiger charge is -2.11. The van der Waals surface area contributed by atoms with Gasteiger partial charge in [0, 0.05) is 4.90 Å². The predicted molar refractivity (Wildman–Crippen MR) is 117 cm³/mol. The van der Waals surface area contributed by atoms with Gasteiger partial charge in [-0.05, 0) is 35.7 Å². The smallest absolute Gasteiger partial charge is 0.338 e. The van der Waals surface area contributed by atoms with E-state index in [4.69, 9.17) is 10.00 Å². The first-order valence-corrected chi connectivity index (χ1v) is 10.3. The van der Waals surface area contributed by atoms with E-state index in [0.29, 0.717) is 17.7 Å². The van der Waals surface area contributed by atoms with Gasteiger partial charge in [0.05, 0.1) is 23.1 Å². The van der Waals surface area contributed by atoms with Gasteiger partial charge in [-0.2, -0.15) is 5.26 Å². The van der Waals surface area contributed by atoms with Crippen LogP contribution in [0.2, 0.25) is 0 Å². The minimum absolute atomic E-state index is 0.278. The van der Waals surface area contributed by atoms with Gasteiger partial charge < -0.3 is 10.1 Å². The Labute approximate surface area is 179 Å².